The molecule has 0 saturated heterocycles. The highest BCUT2D eigenvalue weighted by molar-refractivity contribution is 5.73. The zero-order valence-corrected chi connectivity index (χ0v) is 8.46. The molecule has 1 aliphatic rings. The molecule has 2 N–H and O–H groups in total. The number of nitrogens with two attached hydrogens (primary N) is 1. The summed E-state index contributed by atoms with van der Waals surface area (Å²) in [6.45, 7) is 6.67. The van der Waals surface area contributed by atoms with Crippen LogP contribution in [0.5, 0.6) is 0 Å². The summed E-state index contributed by atoms with van der Waals surface area (Å²) < 4.78 is 0. The van der Waals surface area contributed by atoms with Crippen LogP contribution in [-0.2, 0) is 0 Å². The van der Waals surface area contributed by atoms with Crippen molar-refractivity contribution >= 4 is 11.3 Å². The molecule has 0 fully saturated rings. The third-order valence-corrected chi connectivity index (χ3v) is 2.50. The zero-order valence-electron chi connectivity index (χ0n) is 8.46. The summed E-state index contributed by atoms with van der Waals surface area (Å²) in [6, 6.07) is 8.58. The van der Waals surface area contributed by atoms with Crippen LogP contribution >= 0.6 is 0 Å². The SMILES string of the molecule is CC1=CC(C)(C)[NH2+]c2ccccc21. The van der Waals surface area contributed by atoms with Gasteiger partial charge in [0.1, 0.15) is 11.2 Å². The van der Waals surface area contributed by atoms with E-state index < -0.39 is 0 Å². The highest BCUT2D eigenvalue weighted by atomic mass is 15.0. The topological polar surface area (TPSA) is 16.6 Å². The molecular weight excluding hydrogens is 158 g/mol. The summed E-state index contributed by atoms with van der Waals surface area (Å²) in [7, 11) is 0. The van der Waals surface area contributed by atoms with Gasteiger partial charge in [0, 0.05) is 5.56 Å². The van der Waals surface area contributed by atoms with Gasteiger partial charge in [-0.05, 0) is 44.6 Å². The number of para-hydroxylation sites is 1. The Balaban J connectivity index is 2.55. The molecular formula is C12H16N+. The third-order valence-electron chi connectivity index (χ3n) is 2.50. The van der Waals surface area contributed by atoms with Crippen LogP contribution in [-0.4, -0.2) is 5.54 Å². The van der Waals surface area contributed by atoms with Crippen LogP contribution in [0.2, 0.25) is 0 Å². The Morgan fingerprint density at radius 3 is 2.62 bits per heavy atom. The fourth-order valence-corrected chi connectivity index (χ4v) is 2.06. The van der Waals surface area contributed by atoms with Gasteiger partial charge in [-0.1, -0.05) is 12.1 Å². The van der Waals surface area contributed by atoms with Crippen molar-refractivity contribution in [3.63, 3.8) is 0 Å². The average molecular weight is 174 g/mol. The minimum absolute atomic E-state index is 0.207. The first-order chi connectivity index (χ1) is 6.08. The fraction of sp³-hybridized carbons (Fsp3) is 0.333. The number of allylic oxidation sites excluding steroid dienone is 1. The first-order valence-corrected chi connectivity index (χ1v) is 4.73. The molecule has 0 unspecified atom stereocenters. The second-order valence-corrected chi connectivity index (χ2v) is 4.38. The molecule has 1 heterocycles. The van der Waals surface area contributed by atoms with Crippen LogP contribution in [0.4, 0.5) is 5.69 Å². The molecule has 2 rings (SSSR count). The Bertz CT molecular complexity index is 361. The second kappa shape index (κ2) is 2.71. The van der Waals surface area contributed by atoms with Crippen LogP contribution in [0, 0.1) is 0 Å². The van der Waals surface area contributed by atoms with Crippen molar-refractivity contribution < 1.29 is 5.32 Å². The van der Waals surface area contributed by atoms with Crippen molar-refractivity contribution in [2.75, 3.05) is 0 Å². The highest BCUT2D eigenvalue weighted by Crippen LogP contribution is 2.25. The minimum Gasteiger partial charge on any atom is -0.306 e. The van der Waals surface area contributed by atoms with E-state index >= 15 is 0 Å². The summed E-state index contributed by atoms with van der Waals surface area (Å²) in [4.78, 5) is 0. The normalized spacial score (nSPS) is 19.2. The van der Waals surface area contributed by atoms with E-state index in [-0.39, 0.29) is 5.54 Å². The molecule has 1 aromatic rings. The van der Waals surface area contributed by atoms with Gasteiger partial charge in [0.2, 0.25) is 0 Å². The van der Waals surface area contributed by atoms with Crippen molar-refractivity contribution in [3.8, 4) is 0 Å². The lowest BCUT2D eigenvalue weighted by atomic mass is 9.91. The van der Waals surface area contributed by atoms with Gasteiger partial charge < -0.3 is 5.32 Å². The number of fused-ring (bicyclic) bond motifs is 1. The molecule has 1 heteroatoms. The molecule has 0 aromatic heterocycles. The van der Waals surface area contributed by atoms with E-state index in [0.717, 1.165) is 0 Å². The van der Waals surface area contributed by atoms with E-state index in [1.54, 1.807) is 0 Å². The Labute approximate surface area is 79.5 Å². The lowest BCUT2D eigenvalue weighted by Gasteiger charge is -2.26. The zero-order chi connectivity index (χ0) is 9.47. The van der Waals surface area contributed by atoms with Crippen molar-refractivity contribution in [2.24, 2.45) is 0 Å². The summed E-state index contributed by atoms with van der Waals surface area (Å²) in [5, 5.41) is 2.33. The standard InChI is InChI=1S/C12H15N/c1-9-8-12(2,3)13-11-7-5-4-6-10(9)11/h4-8,13H,1-3H3/p+1. The van der Waals surface area contributed by atoms with Gasteiger partial charge in [-0.3, -0.25) is 0 Å². The molecule has 1 aliphatic heterocycles. The van der Waals surface area contributed by atoms with Gasteiger partial charge >= 0.3 is 0 Å². The Kier molecular flexibility index (Phi) is 1.77. The van der Waals surface area contributed by atoms with Gasteiger partial charge in [0.25, 0.3) is 0 Å². The Morgan fingerprint density at radius 2 is 1.85 bits per heavy atom. The largest absolute Gasteiger partial charge is 0.306 e. The molecule has 0 radical (unpaired) electrons. The maximum Gasteiger partial charge on any atom is 0.137 e. The van der Waals surface area contributed by atoms with Crippen molar-refractivity contribution in [1.29, 1.82) is 0 Å². The van der Waals surface area contributed by atoms with Crippen LogP contribution in [0.15, 0.2) is 30.3 Å². The predicted molar refractivity (Wildman–Crippen MR) is 55.8 cm³/mol. The molecule has 0 bridgehead atoms. The highest BCUT2D eigenvalue weighted by Gasteiger charge is 2.26. The van der Waals surface area contributed by atoms with Crippen LogP contribution < -0.4 is 5.32 Å². The molecule has 13 heavy (non-hydrogen) atoms. The van der Waals surface area contributed by atoms with E-state index in [1.807, 2.05) is 0 Å². The monoisotopic (exact) mass is 174 g/mol. The van der Waals surface area contributed by atoms with Crippen LogP contribution in [0.3, 0.4) is 0 Å². The maximum atomic E-state index is 2.33. The van der Waals surface area contributed by atoms with E-state index in [2.05, 4.69) is 56.4 Å². The van der Waals surface area contributed by atoms with Gasteiger partial charge in [-0.25, -0.2) is 0 Å². The van der Waals surface area contributed by atoms with Crippen molar-refractivity contribution in [1.82, 2.24) is 0 Å². The quantitative estimate of drug-likeness (QED) is 0.580. The number of hydrogen-bond donors (Lipinski definition) is 1. The second-order valence-electron chi connectivity index (χ2n) is 4.38. The van der Waals surface area contributed by atoms with Gasteiger partial charge in [0.05, 0.1) is 0 Å². The smallest absolute Gasteiger partial charge is 0.137 e. The van der Waals surface area contributed by atoms with Crippen LogP contribution in [0.1, 0.15) is 26.3 Å². The van der Waals surface area contributed by atoms with Crippen molar-refractivity contribution in [2.45, 2.75) is 26.3 Å². The Morgan fingerprint density at radius 1 is 1.15 bits per heavy atom. The van der Waals surface area contributed by atoms with Gasteiger partial charge in [-0.2, -0.15) is 0 Å². The van der Waals surface area contributed by atoms with Gasteiger partial charge in [-0.15, -0.1) is 0 Å². The lowest BCUT2D eigenvalue weighted by molar-refractivity contribution is -0.634. The number of rotatable bonds is 0. The predicted octanol–water partition coefficient (Wildman–Crippen LogP) is 2.08. The summed E-state index contributed by atoms with van der Waals surface area (Å²) in [5.41, 5.74) is 4.34. The van der Waals surface area contributed by atoms with Crippen molar-refractivity contribution in [3.05, 3.63) is 35.9 Å². The summed E-state index contributed by atoms with van der Waals surface area (Å²) >= 11 is 0. The lowest BCUT2D eigenvalue weighted by Crippen LogP contribution is -2.90. The van der Waals surface area contributed by atoms with E-state index in [4.69, 9.17) is 0 Å². The number of benzene rings is 1. The number of quaternary nitrogens is 1. The maximum absolute atomic E-state index is 2.33. The fourth-order valence-electron chi connectivity index (χ4n) is 2.06. The third kappa shape index (κ3) is 1.52. The van der Waals surface area contributed by atoms with E-state index in [9.17, 15) is 0 Å². The molecule has 1 nitrogen and oxygen atoms in total. The first kappa shape index (κ1) is 8.52. The van der Waals surface area contributed by atoms with Gasteiger partial charge in [0.15, 0.2) is 0 Å². The van der Waals surface area contributed by atoms with E-state index in [1.165, 1.54) is 16.8 Å². The molecule has 0 atom stereocenters. The average Bonchev–Trinajstić information content (AvgIpc) is 2.02. The molecule has 68 valence electrons. The molecule has 0 saturated carbocycles. The number of hydrogen-bond acceptors (Lipinski definition) is 0. The molecule has 0 amide bonds. The first-order valence-electron chi connectivity index (χ1n) is 4.73. The van der Waals surface area contributed by atoms with Crippen LogP contribution in [0.25, 0.3) is 5.57 Å². The summed E-state index contributed by atoms with van der Waals surface area (Å²) in [6.07, 6.45) is 2.33. The molecule has 0 spiro atoms. The molecule has 1 aromatic carbocycles. The molecule has 0 aliphatic carbocycles. The Hall–Kier alpha value is -1.08. The van der Waals surface area contributed by atoms with E-state index in [0.29, 0.717) is 0 Å². The summed E-state index contributed by atoms with van der Waals surface area (Å²) in [5.74, 6) is 0. The minimum atomic E-state index is 0.207.